The first-order chi connectivity index (χ1) is 8.97. The molecule has 7 heteroatoms. The highest BCUT2D eigenvalue weighted by Gasteiger charge is 2.12. The van der Waals surface area contributed by atoms with Crippen molar-refractivity contribution < 1.29 is 27.8 Å². The number of carboxylic acids is 1. The first-order valence-corrected chi connectivity index (χ1v) is 4.99. The van der Waals surface area contributed by atoms with Crippen LogP contribution in [-0.4, -0.2) is 16.1 Å². The lowest BCUT2D eigenvalue weighted by molar-refractivity contribution is 0.0695. The van der Waals surface area contributed by atoms with E-state index in [0.717, 1.165) is 24.4 Å². The molecule has 0 amide bonds. The molecule has 1 aromatic heterocycles. The van der Waals surface area contributed by atoms with E-state index in [1.165, 1.54) is 0 Å². The van der Waals surface area contributed by atoms with E-state index in [4.69, 9.17) is 9.84 Å². The average molecular weight is 269 g/mol. The van der Waals surface area contributed by atoms with Gasteiger partial charge in [0, 0.05) is 12.3 Å². The van der Waals surface area contributed by atoms with Gasteiger partial charge in [-0.25, -0.2) is 22.9 Å². The molecule has 0 saturated heterocycles. The van der Waals surface area contributed by atoms with Gasteiger partial charge in [-0.15, -0.1) is 0 Å². The Hall–Kier alpha value is -2.57. The van der Waals surface area contributed by atoms with Crippen LogP contribution in [0.25, 0.3) is 0 Å². The number of rotatable bonds is 3. The van der Waals surface area contributed by atoms with Crippen LogP contribution in [0.5, 0.6) is 11.6 Å². The highest BCUT2D eigenvalue weighted by molar-refractivity contribution is 5.87. The van der Waals surface area contributed by atoms with Gasteiger partial charge < -0.3 is 9.84 Å². The van der Waals surface area contributed by atoms with Crippen LogP contribution in [0.2, 0.25) is 0 Å². The number of aromatic carboxylic acids is 1. The highest BCUT2D eigenvalue weighted by atomic mass is 19.2. The van der Waals surface area contributed by atoms with Crippen molar-refractivity contribution in [3.63, 3.8) is 0 Å². The summed E-state index contributed by atoms with van der Waals surface area (Å²) in [6.07, 6.45) is 0.890. The molecular weight excluding hydrogens is 263 g/mol. The van der Waals surface area contributed by atoms with Crippen LogP contribution in [0, 0.1) is 17.5 Å². The molecule has 0 radical (unpaired) electrons. The van der Waals surface area contributed by atoms with Crippen LogP contribution in [0.15, 0.2) is 30.5 Å². The van der Waals surface area contributed by atoms with Crippen molar-refractivity contribution in [2.75, 3.05) is 0 Å². The summed E-state index contributed by atoms with van der Waals surface area (Å²) in [4.78, 5) is 14.0. The van der Waals surface area contributed by atoms with Gasteiger partial charge in [0.15, 0.2) is 17.5 Å². The molecule has 1 aromatic carbocycles. The molecule has 0 bridgehead atoms. The molecule has 0 fully saturated rings. The van der Waals surface area contributed by atoms with Crippen molar-refractivity contribution in [2.45, 2.75) is 0 Å². The second-order valence-corrected chi connectivity index (χ2v) is 3.49. The largest absolute Gasteiger partial charge is 0.478 e. The van der Waals surface area contributed by atoms with Crippen molar-refractivity contribution in [1.29, 1.82) is 0 Å². The maximum absolute atomic E-state index is 13.5. The Kier molecular flexibility index (Phi) is 3.37. The summed E-state index contributed by atoms with van der Waals surface area (Å²) in [6.45, 7) is 0. The zero-order chi connectivity index (χ0) is 14.0. The summed E-state index contributed by atoms with van der Waals surface area (Å²) in [5.41, 5.74) is -0.352. The Labute approximate surface area is 105 Å². The minimum absolute atomic E-state index is 0.159. The van der Waals surface area contributed by atoms with E-state index in [0.29, 0.717) is 6.07 Å². The van der Waals surface area contributed by atoms with Gasteiger partial charge in [-0.3, -0.25) is 0 Å². The minimum atomic E-state index is -1.34. The first kappa shape index (κ1) is 12.9. The molecule has 2 aromatic rings. The Morgan fingerprint density at radius 1 is 1.11 bits per heavy atom. The molecule has 2 rings (SSSR count). The molecule has 0 aliphatic rings. The molecule has 4 nitrogen and oxygen atoms in total. The average Bonchev–Trinajstić information content (AvgIpc) is 2.36. The lowest BCUT2D eigenvalue weighted by Gasteiger charge is -2.06. The van der Waals surface area contributed by atoms with E-state index in [1.807, 2.05) is 0 Å². The van der Waals surface area contributed by atoms with Crippen molar-refractivity contribution in [3.05, 3.63) is 53.5 Å². The maximum atomic E-state index is 13.5. The molecule has 0 aliphatic heterocycles. The maximum Gasteiger partial charge on any atom is 0.337 e. The Bertz CT molecular complexity index is 646. The van der Waals surface area contributed by atoms with Gasteiger partial charge in [-0.2, -0.15) is 0 Å². The number of pyridine rings is 1. The van der Waals surface area contributed by atoms with E-state index >= 15 is 0 Å². The summed E-state index contributed by atoms with van der Waals surface area (Å²) >= 11 is 0. The SMILES string of the molecule is O=C(O)c1cnc(Oc2ccc(F)c(F)c2)c(F)c1. The lowest BCUT2D eigenvalue weighted by atomic mass is 10.3. The summed E-state index contributed by atoms with van der Waals surface area (Å²) in [7, 11) is 0. The van der Waals surface area contributed by atoms with E-state index in [9.17, 15) is 18.0 Å². The van der Waals surface area contributed by atoms with Crippen molar-refractivity contribution in [2.24, 2.45) is 0 Å². The van der Waals surface area contributed by atoms with Crippen molar-refractivity contribution in [3.8, 4) is 11.6 Å². The monoisotopic (exact) mass is 269 g/mol. The molecule has 1 N–H and O–H groups in total. The number of benzene rings is 1. The van der Waals surface area contributed by atoms with Gasteiger partial charge in [0.25, 0.3) is 5.88 Å². The molecule has 0 aliphatic carbocycles. The molecule has 98 valence electrons. The summed E-state index contributed by atoms with van der Waals surface area (Å²) in [6, 6.07) is 3.34. The van der Waals surface area contributed by atoms with Gasteiger partial charge in [-0.1, -0.05) is 0 Å². The number of hydrogen-bond acceptors (Lipinski definition) is 3. The van der Waals surface area contributed by atoms with Crippen LogP contribution in [0.1, 0.15) is 10.4 Å². The fourth-order valence-electron chi connectivity index (χ4n) is 1.27. The predicted octanol–water partition coefficient (Wildman–Crippen LogP) is 2.99. The van der Waals surface area contributed by atoms with Crippen LogP contribution < -0.4 is 4.74 Å². The van der Waals surface area contributed by atoms with Gasteiger partial charge in [0.05, 0.1) is 5.56 Å². The second kappa shape index (κ2) is 4.97. The van der Waals surface area contributed by atoms with E-state index < -0.39 is 29.3 Å². The number of carbonyl (C=O) groups is 1. The van der Waals surface area contributed by atoms with Gasteiger partial charge >= 0.3 is 5.97 Å². The fourth-order valence-corrected chi connectivity index (χ4v) is 1.27. The number of ether oxygens (including phenoxy) is 1. The number of nitrogens with zero attached hydrogens (tertiary/aromatic N) is 1. The van der Waals surface area contributed by atoms with Crippen molar-refractivity contribution >= 4 is 5.97 Å². The van der Waals surface area contributed by atoms with Crippen LogP contribution >= 0.6 is 0 Å². The molecule has 1 heterocycles. The van der Waals surface area contributed by atoms with Crippen LogP contribution in [-0.2, 0) is 0 Å². The number of hydrogen-bond donors (Lipinski definition) is 1. The number of halogens is 3. The predicted molar refractivity (Wildman–Crippen MR) is 57.6 cm³/mol. The second-order valence-electron chi connectivity index (χ2n) is 3.49. The highest BCUT2D eigenvalue weighted by Crippen LogP contribution is 2.24. The molecule has 0 unspecified atom stereocenters. The van der Waals surface area contributed by atoms with Crippen LogP contribution in [0.3, 0.4) is 0 Å². The topological polar surface area (TPSA) is 59.4 Å². The number of aromatic nitrogens is 1. The van der Waals surface area contributed by atoms with Gasteiger partial charge in [-0.05, 0) is 18.2 Å². The summed E-state index contributed by atoms with van der Waals surface area (Å²) < 4.78 is 43.9. The van der Waals surface area contributed by atoms with Crippen molar-refractivity contribution in [1.82, 2.24) is 4.98 Å². The van der Waals surface area contributed by atoms with E-state index in [-0.39, 0.29) is 11.3 Å². The van der Waals surface area contributed by atoms with Gasteiger partial charge in [0.2, 0.25) is 0 Å². The fraction of sp³-hybridized carbons (Fsp3) is 0. The Morgan fingerprint density at radius 2 is 1.84 bits per heavy atom. The molecule has 19 heavy (non-hydrogen) atoms. The molecule has 0 saturated carbocycles. The first-order valence-electron chi connectivity index (χ1n) is 4.99. The van der Waals surface area contributed by atoms with E-state index in [1.54, 1.807) is 0 Å². The van der Waals surface area contributed by atoms with Gasteiger partial charge in [0.1, 0.15) is 5.75 Å². The summed E-state index contributed by atoms with van der Waals surface area (Å²) in [5.74, 6) is -5.28. The normalized spacial score (nSPS) is 10.3. The zero-order valence-corrected chi connectivity index (χ0v) is 9.23. The smallest absolute Gasteiger partial charge is 0.337 e. The third-order valence-electron chi connectivity index (χ3n) is 2.16. The minimum Gasteiger partial charge on any atom is -0.478 e. The molecule has 0 atom stereocenters. The quantitative estimate of drug-likeness (QED) is 0.930. The van der Waals surface area contributed by atoms with E-state index in [2.05, 4.69) is 4.98 Å². The molecular formula is C12H6F3NO3. The Balaban J connectivity index is 2.28. The third kappa shape index (κ3) is 2.82. The molecule has 0 spiro atoms. The number of carboxylic acid groups (broad SMARTS) is 1. The lowest BCUT2D eigenvalue weighted by Crippen LogP contribution is -2.00. The standard InChI is InChI=1S/C12H6F3NO3/c13-8-2-1-7(4-9(8)14)19-11-10(15)3-6(5-16-11)12(17)18/h1-5H,(H,17,18). The third-order valence-corrected chi connectivity index (χ3v) is 2.16. The zero-order valence-electron chi connectivity index (χ0n) is 9.23. The van der Waals surface area contributed by atoms with Crippen LogP contribution in [0.4, 0.5) is 13.2 Å². The summed E-state index contributed by atoms with van der Waals surface area (Å²) in [5, 5.41) is 8.62. The Morgan fingerprint density at radius 3 is 2.42 bits per heavy atom.